The molecule has 0 aliphatic carbocycles. The normalized spacial score (nSPS) is 16.5. The zero-order valence-electron chi connectivity index (χ0n) is 12.8. The van der Waals surface area contributed by atoms with Gasteiger partial charge in [-0.05, 0) is 37.4 Å². The minimum atomic E-state index is 0.666. The molecule has 0 radical (unpaired) electrons. The molecule has 1 heterocycles. The maximum Gasteiger partial charge on any atom is 0.0471 e. The van der Waals surface area contributed by atoms with Crippen molar-refractivity contribution in [1.29, 1.82) is 0 Å². The van der Waals surface area contributed by atoms with Gasteiger partial charge in [0.25, 0.3) is 0 Å². The molecule has 1 fully saturated rings. The summed E-state index contributed by atoms with van der Waals surface area (Å²) in [6.07, 6.45) is 5.31. The van der Waals surface area contributed by atoms with Crippen molar-refractivity contribution in [2.45, 2.75) is 46.1 Å². The van der Waals surface area contributed by atoms with Crippen molar-refractivity contribution in [2.24, 2.45) is 5.92 Å². The van der Waals surface area contributed by atoms with E-state index in [0.717, 1.165) is 31.2 Å². The van der Waals surface area contributed by atoms with Crippen LogP contribution in [0.3, 0.4) is 0 Å². The molecule has 1 aromatic carbocycles. The number of rotatable bonds is 5. The molecule has 1 N–H and O–H groups in total. The van der Waals surface area contributed by atoms with E-state index in [9.17, 15) is 0 Å². The van der Waals surface area contributed by atoms with Gasteiger partial charge in [-0.2, -0.15) is 0 Å². The summed E-state index contributed by atoms with van der Waals surface area (Å²) in [7, 11) is 0. The molecule has 3 heteroatoms. The molecule has 0 bridgehead atoms. The van der Waals surface area contributed by atoms with Crippen LogP contribution in [0.1, 0.15) is 45.1 Å². The van der Waals surface area contributed by atoms with Gasteiger partial charge in [-0.25, -0.2) is 0 Å². The summed E-state index contributed by atoms with van der Waals surface area (Å²) in [5, 5.41) is 4.42. The van der Waals surface area contributed by atoms with E-state index in [4.69, 9.17) is 11.6 Å². The average Bonchev–Trinajstić information content (AvgIpc) is 2.69. The van der Waals surface area contributed by atoms with E-state index in [1.807, 2.05) is 6.07 Å². The Hall–Kier alpha value is -0.730. The second-order valence-electron chi connectivity index (χ2n) is 6.16. The van der Waals surface area contributed by atoms with Crippen LogP contribution in [0.25, 0.3) is 0 Å². The van der Waals surface area contributed by atoms with Crippen LogP contribution in [0.5, 0.6) is 0 Å². The van der Waals surface area contributed by atoms with Gasteiger partial charge in [0.2, 0.25) is 0 Å². The molecule has 0 spiro atoms. The maximum atomic E-state index is 6.44. The molecule has 2 rings (SSSR count). The molecular weight excluding hydrogens is 268 g/mol. The van der Waals surface area contributed by atoms with Crippen molar-refractivity contribution in [3.05, 3.63) is 28.8 Å². The summed E-state index contributed by atoms with van der Waals surface area (Å²) < 4.78 is 0. The van der Waals surface area contributed by atoms with E-state index in [-0.39, 0.29) is 0 Å². The molecule has 2 nitrogen and oxygen atoms in total. The van der Waals surface area contributed by atoms with Crippen molar-refractivity contribution < 1.29 is 0 Å². The second-order valence-corrected chi connectivity index (χ2v) is 6.57. The minimum absolute atomic E-state index is 0.666. The topological polar surface area (TPSA) is 15.3 Å². The Labute approximate surface area is 128 Å². The lowest BCUT2D eigenvalue weighted by Crippen LogP contribution is -2.27. The smallest absolute Gasteiger partial charge is 0.0471 e. The standard InChI is InChI=1S/C17H27ClN2/c1-14(2)12-19-13-15-16(18)8-7-9-17(15)20-10-5-3-4-6-11-20/h7-9,14,19H,3-6,10-13H2,1-2H3. The first-order valence-corrected chi connectivity index (χ1v) is 8.29. The van der Waals surface area contributed by atoms with Crippen molar-refractivity contribution in [1.82, 2.24) is 5.32 Å². The average molecular weight is 295 g/mol. The third kappa shape index (κ3) is 4.39. The summed E-state index contributed by atoms with van der Waals surface area (Å²) in [5.41, 5.74) is 2.59. The third-order valence-corrected chi connectivity index (χ3v) is 4.25. The number of hydrogen-bond donors (Lipinski definition) is 1. The van der Waals surface area contributed by atoms with E-state index in [1.54, 1.807) is 0 Å². The van der Waals surface area contributed by atoms with Crippen LogP contribution >= 0.6 is 11.6 Å². The lowest BCUT2D eigenvalue weighted by Gasteiger charge is -2.26. The summed E-state index contributed by atoms with van der Waals surface area (Å²) in [5.74, 6) is 0.666. The lowest BCUT2D eigenvalue weighted by atomic mass is 10.1. The fraction of sp³-hybridized carbons (Fsp3) is 0.647. The zero-order valence-corrected chi connectivity index (χ0v) is 13.5. The molecule has 0 unspecified atom stereocenters. The second kappa shape index (κ2) is 7.90. The van der Waals surface area contributed by atoms with Crippen LogP contribution < -0.4 is 10.2 Å². The first-order chi connectivity index (χ1) is 9.68. The Morgan fingerprint density at radius 3 is 2.50 bits per heavy atom. The van der Waals surface area contributed by atoms with Crippen LogP contribution in [0.4, 0.5) is 5.69 Å². The summed E-state index contributed by atoms with van der Waals surface area (Å²) in [6.45, 7) is 8.69. The van der Waals surface area contributed by atoms with E-state index in [2.05, 4.69) is 36.2 Å². The van der Waals surface area contributed by atoms with Crippen LogP contribution in [0.2, 0.25) is 5.02 Å². The number of anilines is 1. The highest BCUT2D eigenvalue weighted by Gasteiger charge is 2.15. The quantitative estimate of drug-likeness (QED) is 0.862. The van der Waals surface area contributed by atoms with Gasteiger partial charge in [0.15, 0.2) is 0 Å². The Morgan fingerprint density at radius 2 is 1.85 bits per heavy atom. The highest BCUT2D eigenvalue weighted by molar-refractivity contribution is 6.31. The van der Waals surface area contributed by atoms with E-state index in [1.165, 1.54) is 36.9 Å². The summed E-state index contributed by atoms with van der Waals surface area (Å²) >= 11 is 6.44. The Bertz CT molecular complexity index is 409. The molecule has 1 aromatic rings. The Morgan fingerprint density at radius 1 is 1.15 bits per heavy atom. The van der Waals surface area contributed by atoms with Gasteiger partial charge >= 0.3 is 0 Å². The number of hydrogen-bond acceptors (Lipinski definition) is 2. The van der Waals surface area contributed by atoms with Crippen LogP contribution in [-0.4, -0.2) is 19.6 Å². The zero-order chi connectivity index (χ0) is 14.4. The van der Waals surface area contributed by atoms with Crippen molar-refractivity contribution in [3.8, 4) is 0 Å². The molecule has 0 amide bonds. The van der Waals surface area contributed by atoms with Gasteiger partial charge in [-0.15, -0.1) is 0 Å². The predicted molar refractivity (Wildman–Crippen MR) is 88.7 cm³/mol. The molecule has 20 heavy (non-hydrogen) atoms. The van der Waals surface area contributed by atoms with Crippen LogP contribution in [-0.2, 0) is 6.54 Å². The fourth-order valence-corrected chi connectivity index (χ4v) is 3.05. The van der Waals surface area contributed by atoms with E-state index >= 15 is 0 Å². The molecule has 1 aliphatic heterocycles. The third-order valence-electron chi connectivity index (χ3n) is 3.90. The largest absolute Gasteiger partial charge is 0.371 e. The molecule has 0 aromatic heterocycles. The van der Waals surface area contributed by atoms with Gasteiger partial charge in [0.05, 0.1) is 0 Å². The van der Waals surface area contributed by atoms with Crippen molar-refractivity contribution in [3.63, 3.8) is 0 Å². The molecule has 1 saturated heterocycles. The highest BCUT2D eigenvalue weighted by Crippen LogP contribution is 2.29. The Kier molecular flexibility index (Phi) is 6.18. The first kappa shape index (κ1) is 15.7. The molecule has 1 aliphatic rings. The first-order valence-electron chi connectivity index (χ1n) is 7.91. The van der Waals surface area contributed by atoms with Gasteiger partial charge in [-0.1, -0.05) is 44.4 Å². The van der Waals surface area contributed by atoms with Gasteiger partial charge in [-0.3, -0.25) is 0 Å². The molecular formula is C17H27ClN2. The number of nitrogens with zero attached hydrogens (tertiary/aromatic N) is 1. The molecule has 0 saturated carbocycles. The molecule has 0 atom stereocenters. The maximum absolute atomic E-state index is 6.44. The molecule has 112 valence electrons. The fourth-order valence-electron chi connectivity index (χ4n) is 2.82. The number of benzene rings is 1. The number of nitrogens with one attached hydrogen (secondary N) is 1. The van der Waals surface area contributed by atoms with Gasteiger partial charge in [0.1, 0.15) is 0 Å². The summed E-state index contributed by atoms with van der Waals surface area (Å²) in [6, 6.07) is 6.31. The number of halogens is 1. The summed E-state index contributed by atoms with van der Waals surface area (Å²) in [4.78, 5) is 2.52. The van der Waals surface area contributed by atoms with E-state index in [0.29, 0.717) is 5.92 Å². The van der Waals surface area contributed by atoms with Crippen molar-refractivity contribution >= 4 is 17.3 Å². The SMILES string of the molecule is CC(C)CNCc1c(Cl)cccc1N1CCCCCC1. The minimum Gasteiger partial charge on any atom is -0.371 e. The van der Waals surface area contributed by atoms with Gasteiger partial charge < -0.3 is 10.2 Å². The monoisotopic (exact) mass is 294 g/mol. The van der Waals surface area contributed by atoms with Crippen LogP contribution in [0.15, 0.2) is 18.2 Å². The highest BCUT2D eigenvalue weighted by atomic mass is 35.5. The van der Waals surface area contributed by atoms with Gasteiger partial charge in [0, 0.05) is 35.9 Å². The Balaban J connectivity index is 2.12. The van der Waals surface area contributed by atoms with Crippen LogP contribution in [0, 0.1) is 5.92 Å². The van der Waals surface area contributed by atoms with Crippen molar-refractivity contribution in [2.75, 3.05) is 24.5 Å². The van der Waals surface area contributed by atoms with E-state index < -0.39 is 0 Å². The predicted octanol–water partition coefficient (Wildman–Crippen LogP) is 4.47. The lowest BCUT2D eigenvalue weighted by molar-refractivity contribution is 0.552.